The molecule has 0 aliphatic rings. The van der Waals surface area contributed by atoms with Gasteiger partial charge in [-0.3, -0.25) is 4.79 Å². The van der Waals surface area contributed by atoms with Crippen molar-refractivity contribution in [2.75, 3.05) is 0 Å². The fraction of sp³-hybridized carbons (Fsp3) is 0.222. The lowest BCUT2D eigenvalue weighted by Gasteiger charge is -2.06. The molecule has 1 rings (SSSR count). The predicted octanol–water partition coefficient (Wildman–Crippen LogP) is 2.09. The summed E-state index contributed by atoms with van der Waals surface area (Å²) in [6, 6.07) is 3.46. The van der Waals surface area contributed by atoms with Gasteiger partial charge in [0.1, 0.15) is 5.75 Å². The van der Waals surface area contributed by atoms with Crippen molar-refractivity contribution in [1.29, 1.82) is 0 Å². The Morgan fingerprint density at radius 1 is 1.54 bits per heavy atom. The molecule has 2 N–H and O–H groups in total. The van der Waals surface area contributed by atoms with E-state index in [1.807, 2.05) is 0 Å². The minimum Gasteiger partial charge on any atom is -0.507 e. The fourth-order valence-electron chi connectivity index (χ4n) is 1.05. The third-order valence-electron chi connectivity index (χ3n) is 1.76. The van der Waals surface area contributed by atoms with Crippen LogP contribution in [0.25, 0.3) is 0 Å². The van der Waals surface area contributed by atoms with E-state index in [9.17, 15) is 9.90 Å². The van der Waals surface area contributed by atoms with Crippen LogP contribution in [0.3, 0.4) is 0 Å². The summed E-state index contributed by atoms with van der Waals surface area (Å²) < 4.78 is 0.623. The van der Waals surface area contributed by atoms with Gasteiger partial charge in [-0.15, -0.1) is 0 Å². The van der Waals surface area contributed by atoms with Crippen LogP contribution in [-0.2, 0) is 11.2 Å². The molecule has 70 valence electrons. The first-order chi connectivity index (χ1) is 6.02. The summed E-state index contributed by atoms with van der Waals surface area (Å²) in [7, 11) is 0. The van der Waals surface area contributed by atoms with E-state index in [2.05, 4.69) is 15.9 Å². The molecule has 0 saturated carbocycles. The second-order valence-corrected chi connectivity index (χ2v) is 3.62. The number of hydrogen-bond acceptors (Lipinski definition) is 2. The standard InChI is InChI=1S/C9H9BrO3/c1-5-2-3-7(10)6(9(5)13)4-8(11)12/h2-3,13H,4H2,1H3,(H,11,12). The van der Waals surface area contributed by atoms with Crippen molar-refractivity contribution in [3.8, 4) is 5.75 Å². The highest BCUT2D eigenvalue weighted by atomic mass is 79.9. The Kier molecular flexibility index (Phi) is 2.93. The highest BCUT2D eigenvalue weighted by Crippen LogP contribution is 2.29. The predicted molar refractivity (Wildman–Crippen MR) is 51.9 cm³/mol. The number of phenols is 1. The Morgan fingerprint density at radius 2 is 2.15 bits per heavy atom. The number of hydrogen-bond donors (Lipinski definition) is 2. The molecule has 0 amide bonds. The molecule has 0 bridgehead atoms. The Morgan fingerprint density at radius 3 is 2.69 bits per heavy atom. The lowest BCUT2D eigenvalue weighted by molar-refractivity contribution is -0.136. The van der Waals surface area contributed by atoms with Gasteiger partial charge in [-0.05, 0) is 18.6 Å². The molecule has 0 aliphatic carbocycles. The van der Waals surface area contributed by atoms with Gasteiger partial charge in [0.25, 0.3) is 0 Å². The topological polar surface area (TPSA) is 57.5 Å². The molecule has 4 heteroatoms. The van der Waals surface area contributed by atoms with Gasteiger partial charge in [-0.25, -0.2) is 0 Å². The van der Waals surface area contributed by atoms with Gasteiger partial charge >= 0.3 is 5.97 Å². The van der Waals surface area contributed by atoms with Crippen LogP contribution in [0.1, 0.15) is 11.1 Å². The van der Waals surface area contributed by atoms with Crippen LogP contribution in [0, 0.1) is 6.92 Å². The number of aryl methyl sites for hydroxylation is 1. The zero-order valence-electron chi connectivity index (χ0n) is 7.04. The van der Waals surface area contributed by atoms with Gasteiger partial charge in [-0.1, -0.05) is 22.0 Å². The number of carbonyl (C=O) groups is 1. The highest BCUT2D eigenvalue weighted by molar-refractivity contribution is 9.10. The molecule has 0 atom stereocenters. The molecule has 0 radical (unpaired) electrons. The summed E-state index contributed by atoms with van der Waals surface area (Å²) in [6.07, 6.45) is -0.173. The van der Waals surface area contributed by atoms with Crippen molar-refractivity contribution in [3.05, 3.63) is 27.7 Å². The number of carboxylic acids is 1. The third kappa shape index (κ3) is 2.21. The average Bonchev–Trinajstić information content (AvgIpc) is 2.05. The van der Waals surface area contributed by atoms with Crippen LogP contribution in [0.15, 0.2) is 16.6 Å². The first-order valence-electron chi connectivity index (χ1n) is 3.71. The quantitative estimate of drug-likeness (QED) is 0.838. The molecular formula is C9H9BrO3. The minimum absolute atomic E-state index is 0.0526. The number of benzene rings is 1. The maximum absolute atomic E-state index is 10.5. The summed E-state index contributed by atoms with van der Waals surface area (Å²) in [4.78, 5) is 10.5. The fourth-order valence-corrected chi connectivity index (χ4v) is 1.51. The van der Waals surface area contributed by atoms with Crippen molar-refractivity contribution < 1.29 is 15.0 Å². The monoisotopic (exact) mass is 244 g/mol. The molecule has 0 fully saturated rings. The molecule has 1 aromatic carbocycles. The van der Waals surface area contributed by atoms with E-state index >= 15 is 0 Å². The molecular weight excluding hydrogens is 236 g/mol. The van der Waals surface area contributed by atoms with Gasteiger partial charge in [0.2, 0.25) is 0 Å². The summed E-state index contributed by atoms with van der Waals surface area (Å²) in [6.45, 7) is 1.73. The molecule has 1 aromatic rings. The van der Waals surface area contributed by atoms with E-state index in [1.54, 1.807) is 19.1 Å². The summed E-state index contributed by atoms with van der Waals surface area (Å²) in [5.74, 6) is -0.904. The number of aromatic hydroxyl groups is 1. The van der Waals surface area contributed by atoms with Crippen molar-refractivity contribution in [3.63, 3.8) is 0 Å². The number of carboxylic acid groups (broad SMARTS) is 1. The Bertz CT molecular complexity index is 347. The van der Waals surface area contributed by atoms with E-state index in [0.717, 1.165) is 0 Å². The Balaban J connectivity index is 3.17. The molecule has 0 aliphatic heterocycles. The van der Waals surface area contributed by atoms with E-state index in [4.69, 9.17) is 5.11 Å². The van der Waals surface area contributed by atoms with E-state index in [0.29, 0.717) is 15.6 Å². The molecule has 0 heterocycles. The van der Waals surface area contributed by atoms with E-state index < -0.39 is 5.97 Å². The van der Waals surface area contributed by atoms with Crippen LogP contribution in [0.2, 0.25) is 0 Å². The van der Waals surface area contributed by atoms with E-state index in [-0.39, 0.29) is 12.2 Å². The summed E-state index contributed by atoms with van der Waals surface area (Å²) in [5, 5.41) is 18.1. The lowest BCUT2D eigenvalue weighted by atomic mass is 10.1. The van der Waals surface area contributed by atoms with Crippen molar-refractivity contribution in [2.24, 2.45) is 0 Å². The SMILES string of the molecule is Cc1ccc(Br)c(CC(=O)O)c1O. The van der Waals surface area contributed by atoms with Crippen LogP contribution in [-0.4, -0.2) is 16.2 Å². The zero-order chi connectivity index (χ0) is 10.0. The van der Waals surface area contributed by atoms with Crippen molar-refractivity contribution >= 4 is 21.9 Å². The number of aliphatic carboxylic acids is 1. The Hall–Kier alpha value is -1.03. The summed E-state index contributed by atoms with van der Waals surface area (Å²) >= 11 is 3.19. The maximum atomic E-state index is 10.5. The highest BCUT2D eigenvalue weighted by Gasteiger charge is 2.11. The van der Waals surface area contributed by atoms with Gasteiger partial charge in [0.15, 0.2) is 0 Å². The molecule has 0 saturated heterocycles. The number of rotatable bonds is 2. The smallest absolute Gasteiger partial charge is 0.308 e. The van der Waals surface area contributed by atoms with Crippen LogP contribution < -0.4 is 0 Å². The van der Waals surface area contributed by atoms with Gasteiger partial charge in [0.05, 0.1) is 6.42 Å². The van der Waals surface area contributed by atoms with Crippen LogP contribution >= 0.6 is 15.9 Å². The largest absolute Gasteiger partial charge is 0.507 e. The number of phenolic OH excluding ortho intramolecular Hbond substituents is 1. The molecule has 0 unspecified atom stereocenters. The van der Waals surface area contributed by atoms with Crippen LogP contribution in [0.4, 0.5) is 0 Å². The van der Waals surface area contributed by atoms with Gasteiger partial charge in [-0.2, -0.15) is 0 Å². The second-order valence-electron chi connectivity index (χ2n) is 2.76. The second kappa shape index (κ2) is 3.79. The van der Waals surface area contributed by atoms with E-state index in [1.165, 1.54) is 0 Å². The van der Waals surface area contributed by atoms with Crippen LogP contribution in [0.5, 0.6) is 5.75 Å². The maximum Gasteiger partial charge on any atom is 0.308 e. The lowest BCUT2D eigenvalue weighted by Crippen LogP contribution is -2.01. The normalized spacial score (nSPS) is 10.0. The average molecular weight is 245 g/mol. The minimum atomic E-state index is -0.957. The third-order valence-corrected chi connectivity index (χ3v) is 2.50. The van der Waals surface area contributed by atoms with Crippen molar-refractivity contribution in [1.82, 2.24) is 0 Å². The first-order valence-corrected chi connectivity index (χ1v) is 4.50. The summed E-state index contributed by atoms with van der Waals surface area (Å²) in [5.41, 5.74) is 1.10. The Labute approximate surface area is 84.1 Å². The van der Waals surface area contributed by atoms with Gasteiger partial charge < -0.3 is 10.2 Å². The first kappa shape index (κ1) is 10.1. The molecule has 3 nitrogen and oxygen atoms in total. The zero-order valence-corrected chi connectivity index (χ0v) is 8.63. The molecule has 0 spiro atoms. The number of halogens is 1. The molecule has 0 aromatic heterocycles. The molecule has 13 heavy (non-hydrogen) atoms. The van der Waals surface area contributed by atoms with Crippen molar-refractivity contribution in [2.45, 2.75) is 13.3 Å². The van der Waals surface area contributed by atoms with Gasteiger partial charge in [0, 0.05) is 10.0 Å².